The number of thioether (sulfide) groups is 1. The van der Waals surface area contributed by atoms with Crippen molar-refractivity contribution < 1.29 is 41.8 Å². The van der Waals surface area contributed by atoms with Crippen molar-refractivity contribution in [3.05, 3.63) is 29.3 Å². The summed E-state index contributed by atoms with van der Waals surface area (Å²) in [7, 11) is 0. The van der Waals surface area contributed by atoms with Crippen LogP contribution >= 0.6 is 11.8 Å². The summed E-state index contributed by atoms with van der Waals surface area (Å²) in [5.74, 6) is -2.96. The summed E-state index contributed by atoms with van der Waals surface area (Å²) in [6.07, 6.45) is -4.69. The zero-order valence-corrected chi connectivity index (χ0v) is 16.0. The number of carbonyl (C=O) groups excluding carboxylic acids is 4. The molecule has 1 amide bonds. The molecule has 0 aliphatic carbocycles. The molecule has 0 unspecified atom stereocenters. The number of amides is 1. The third kappa shape index (κ3) is 7.22. The average Bonchev–Trinajstić information content (AvgIpc) is 2.56. The first-order chi connectivity index (χ1) is 13.0. The Labute approximate surface area is 162 Å². The van der Waals surface area contributed by atoms with Crippen LogP contribution in [0.4, 0.5) is 13.2 Å². The van der Waals surface area contributed by atoms with Gasteiger partial charge in [0.05, 0.1) is 17.7 Å². The highest BCUT2D eigenvalue weighted by Gasteiger charge is 2.32. The third-order valence-corrected chi connectivity index (χ3v) is 4.09. The van der Waals surface area contributed by atoms with Crippen molar-refractivity contribution in [2.75, 3.05) is 12.4 Å². The molecule has 1 atom stereocenters. The monoisotopic (exact) mass is 421 g/mol. The number of carbonyl (C=O) groups is 4. The van der Waals surface area contributed by atoms with Gasteiger partial charge >= 0.3 is 18.1 Å². The van der Waals surface area contributed by atoms with Crippen LogP contribution in [0.5, 0.6) is 5.75 Å². The SMILES string of the molecule is CCOC(=O)[C@H](CSC(=O)c1ccc(C(F)(F)F)cc1OC(C)=O)NC(C)=O. The van der Waals surface area contributed by atoms with Gasteiger partial charge in [-0.15, -0.1) is 0 Å². The molecular formula is C17H18F3NO6S. The molecule has 0 heterocycles. The summed E-state index contributed by atoms with van der Waals surface area (Å²) in [4.78, 5) is 46.6. The van der Waals surface area contributed by atoms with Crippen molar-refractivity contribution in [3.63, 3.8) is 0 Å². The van der Waals surface area contributed by atoms with Crippen LogP contribution in [0.2, 0.25) is 0 Å². The molecule has 0 aliphatic heterocycles. The number of esters is 2. The van der Waals surface area contributed by atoms with Crippen LogP contribution < -0.4 is 10.1 Å². The van der Waals surface area contributed by atoms with Gasteiger partial charge in [0.15, 0.2) is 0 Å². The molecule has 0 radical (unpaired) electrons. The minimum atomic E-state index is -4.69. The van der Waals surface area contributed by atoms with Crippen LogP contribution in [0.1, 0.15) is 36.7 Å². The summed E-state index contributed by atoms with van der Waals surface area (Å²) >= 11 is 0.561. The van der Waals surface area contributed by atoms with E-state index in [1.807, 2.05) is 0 Å². The Bertz CT molecular complexity index is 766. The minimum absolute atomic E-state index is 0.0586. The van der Waals surface area contributed by atoms with Crippen molar-refractivity contribution in [3.8, 4) is 5.75 Å². The Morgan fingerprint density at radius 1 is 1.18 bits per heavy atom. The van der Waals surface area contributed by atoms with E-state index in [1.165, 1.54) is 6.92 Å². The first kappa shape index (κ1) is 23.5. The number of benzene rings is 1. The van der Waals surface area contributed by atoms with E-state index in [2.05, 4.69) is 5.32 Å². The van der Waals surface area contributed by atoms with E-state index >= 15 is 0 Å². The van der Waals surface area contributed by atoms with Crippen molar-refractivity contribution in [2.45, 2.75) is 33.0 Å². The maximum Gasteiger partial charge on any atom is 0.416 e. The second-order valence-electron chi connectivity index (χ2n) is 5.41. The Balaban J connectivity index is 3.04. The first-order valence-corrected chi connectivity index (χ1v) is 8.94. The van der Waals surface area contributed by atoms with Crippen LogP contribution in [0.3, 0.4) is 0 Å². The van der Waals surface area contributed by atoms with E-state index in [0.717, 1.165) is 13.0 Å². The quantitative estimate of drug-likeness (QED) is 0.534. The predicted molar refractivity (Wildman–Crippen MR) is 93.8 cm³/mol. The topological polar surface area (TPSA) is 98.8 Å². The zero-order valence-electron chi connectivity index (χ0n) is 15.2. The van der Waals surface area contributed by atoms with Gasteiger partial charge in [0, 0.05) is 19.6 Å². The van der Waals surface area contributed by atoms with Gasteiger partial charge in [-0.2, -0.15) is 13.2 Å². The number of nitrogens with one attached hydrogen (secondary N) is 1. The van der Waals surface area contributed by atoms with Crippen molar-refractivity contribution in [1.29, 1.82) is 0 Å². The molecule has 28 heavy (non-hydrogen) atoms. The van der Waals surface area contributed by atoms with E-state index in [1.54, 1.807) is 6.92 Å². The fourth-order valence-electron chi connectivity index (χ4n) is 2.00. The van der Waals surface area contributed by atoms with Crippen LogP contribution in [0.25, 0.3) is 0 Å². The number of halogens is 3. The molecule has 7 nitrogen and oxygen atoms in total. The molecule has 154 valence electrons. The number of alkyl halides is 3. The van der Waals surface area contributed by atoms with E-state index in [-0.39, 0.29) is 17.9 Å². The van der Waals surface area contributed by atoms with Crippen molar-refractivity contribution >= 4 is 34.7 Å². The van der Waals surface area contributed by atoms with Crippen LogP contribution in [-0.2, 0) is 25.3 Å². The summed E-state index contributed by atoms with van der Waals surface area (Å²) in [6.45, 7) is 3.78. The van der Waals surface area contributed by atoms with E-state index in [9.17, 15) is 32.3 Å². The van der Waals surface area contributed by atoms with Crippen LogP contribution in [-0.4, -0.2) is 41.4 Å². The molecule has 11 heteroatoms. The molecule has 0 saturated carbocycles. The molecule has 0 aliphatic rings. The Morgan fingerprint density at radius 2 is 1.82 bits per heavy atom. The summed E-state index contributed by atoms with van der Waals surface area (Å²) in [5, 5.41) is 1.58. The number of hydrogen-bond acceptors (Lipinski definition) is 7. The largest absolute Gasteiger partial charge is 0.464 e. The van der Waals surface area contributed by atoms with Gasteiger partial charge in [0.2, 0.25) is 11.0 Å². The van der Waals surface area contributed by atoms with Gasteiger partial charge in [-0.05, 0) is 25.1 Å². The van der Waals surface area contributed by atoms with Gasteiger partial charge in [-0.25, -0.2) is 4.79 Å². The Kier molecular flexibility index (Phi) is 8.48. The number of rotatable bonds is 7. The summed E-state index contributed by atoms with van der Waals surface area (Å²) in [5.41, 5.74) is -1.37. The minimum Gasteiger partial charge on any atom is -0.464 e. The predicted octanol–water partition coefficient (Wildman–Crippen LogP) is 2.57. The lowest BCUT2D eigenvalue weighted by atomic mass is 10.1. The Morgan fingerprint density at radius 3 is 2.32 bits per heavy atom. The highest BCUT2D eigenvalue weighted by molar-refractivity contribution is 8.14. The first-order valence-electron chi connectivity index (χ1n) is 7.96. The molecule has 0 saturated heterocycles. The summed E-state index contributed by atoms with van der Waals surface area (Å²) < 4.78 is 48.1. The van der Waals surface area contributed by atoms with Gasteiger partial charge in [0.25, 0.3) is 0 Å². The van der Waals surface area contributed by atoms with Gasteiger partial charge in [0.1, 0.15) is 11.8 Å². The normalized spacial score (nSPS) is 12.1. The van der Waals surface area contributed by atoms with E-state index < -0.39 is 46.5 Å². The maximum absolute atomic E-state index is 12.9. The number of hydrogen-bond donors (Lipinski definition) is 1. The van der Waals surface area contributed by atoms with Crippen LogP contribution in [0.15, 0.2) is 18.2 Å². The molecule has 0 fully saturated rings. The average molecular weight is 421 g/mol. The molecule has 1 aromatic carbocycles. The maximum atomic E-state index is 12.9. The Hall–Kier alpha value is -2.56. The summed E-state index contributed by atoms with van der Waals surface area (Å²) in [6, 6.07) is 0.982. The van der Waals surface area contributed by atoms with Crippen molar-refractivity contribution in [1.82, 2.24) is 5.32 Å². The van der Waals surface area contributed by atoms with Gasteiger partial charge in [-0.3, -0.25) is 14.4 Å². The molecule has 0 bridgehead atoms. The second kappa shape index (κ2) is 10.1. The highest BCUT2D eigenvalue weighted by Crippen LogP contribution is 2.34. The number of ether oxygens (including phenoxy) is 2. The van der Waals surface area contributed by atoms with Gasteiger partial charge in [-0.1, -0.05) is 11.8 Å². The molecule has 1 rings (SSSR count). The molecule has 1 aromatic rings. The lowest BCUT2D eigenvalue weighted by Crippen LogP contribution is -2.42. The zero-order chi connectivity index (χ0) is 21.5. The lowest BCUT2D eigenvalue weighted by Gasteiger charge is -2.16. The molecule has 0 aromatic heterocycles. The van der Waals surface area contributed by atoms with Crippen LogP contribution in [0, 0.1) is 0 Å². The van der Waals surface area contributed by atoms with Crippen molar-refractivity contribution in [2.24, 2.45) is 0 Å². The van der Waals surface area contributed by atoms with Gasteiger partial charge < -0.3 is 14.8 Å². The highest BCUT2D eigenvalue weighted by atomic mass is 32.2. The smallest absolute Gasteiger partial charge is 0.416 e. The molecular weight excluding hydrogens is 403 g/mol. The fraction of sp³-hybridized carbons (Fsp3) is 0.412. The lowest BCUT2D eigenvalue weighted by molar-refractivity contribution is -0.146. The van der Waals surface area contributed by atoms with E-state index in [4.69, 9.17) is 9.47 Å². The van der Waals surface area contributed by atoms with E-state index in [0.29, 0.717) is 23.9 Å². The second-order valence-corrected chi connectivity index (χ2v) is 6.40. The molecule has 0 spiro atoms. The standard InChI is InChI=1S/C17H18F3NO6S/c1-4-26-15(24)13(21-9(2)22)8-28-16(25)12-6-5-11(17(18,19)20)7-14(12)27-10(3)23/h5-7,13H,4,8H2,1-3H3,(H,21,22)/t13-/m0/s1. The third-order valence-electron chi connectivity index (χ3n) is 3.11. The molecule has 1 N–H and O–H groups in total. The fourth-order valence-corrected chi connectivity index (χ4v) is 2.86.